The lowest BCUT2D eigenvalue weighted by atomic mass is 10.2. The highest BCUT2D eigenvalue weighted by Gasteiger charge is 2.10. The van der Waals surface area contributed by atoms with Crippen molar-refractivity contribution < 1.29 is 9.90 Å². The smallest absolute Gasteiger partial charge is 0.269 e. The Morgan fingerprint density at radius 2 is 2.22 bits per heavy atom. The van der Waals surface area contributed by atoms with Gasteiger partial charge in [-0.15, -0.1) is 0 Å². The molecule has 0 spiro atoms. The standard InChI is InChI=1S/C13H23N3O2/c1-4-5-11(17)9-14-8-10-6-7-12(15-10)13(18)16(2)3/h6-7,11,14-15,17H,4-5,8-9H2,1-3H3. The molecule has 3 N–H and O–H groups in total. The summed E-state index contributed by atoms with van der Waals surface area (Å²) < 4.78 is 0. The summed E-state index contributed by atoms with van der Waals surface area (Å²) >= 11 is 0. The first-order chi connectivity index (χ1) is 8.54. The summed E-state index contributed by atoms with van der Waals surface area (Å²) in [5.74, 6) is -0.0349. The molecular weight excluding hydrogens is 230 g/mol. The summed E-state index contributed by atoms with van der Waals surface area (Å²) in [6.07, 6.45) is 1.49. The predicted octanol–water partition coefficient (Wildman–Crippen LogP) is 0.967. The van der Waals surface area contributed by atoms with E-state index in [0.29, 0.717) is 18.8 Å². The maximum absolute atomic E-state index is 11.7. The van der Waals surface area contributed by atoms with Crippen molar-refractivity contribution in [2.24, 2.45) is 0 Å². The Hall–Kier alpha value is -1.33. The number of aromatic amines is 1. The third-order valence-electron chi connectivity index (χ3n) is 2.70. The second-order valence-corrected chi connectivity index (χ2v) is 4.67. The summed E-state index contributed by atoms with van der Waals surface area (Å²) in [4.78, 5) is 16.3. The molecule has 5 nitrogen and oxygen atoms in total. The van der Waals surface area contributed by atoms with Crippen LogP contribution >= 0.6 is 0 Å². The van der Waals surface area contributed by atoms with Gasteiger partial charge in [-0.3, -0.25) is 4.79 Å². The second-order valence-electron chi connectivity index (χ2n) is 4.67. The van der Waals surface area contributed by atoms with Gasteiger partial charge in [-0.1, -0.05) is 13.3 Å². The largest absolute Gasteiger partial charge is 0.392 e. The topological polar surface area (TPSA) is 68.4 Å². The minimum atomic E-state index is -0.298. The molecule has 1 rings (SSSR count). The number of hydrogen-bond acceptors (Lipinski definition) is 3. The van der Waals surface area contributed by atoms with Crippen molar-refractivity contribution in [3.8, 4) is 0 Å². The first-order valence-corrected chi connectivity index (χ1v) is 6.33. The Morgan fingerprint density at radius 3 is 2.83 bits per heavy atom. The summed E-state index contributed by atoms with van der Waals surface area (Å²) in [5, 5.41) is 12.7. The van der Waals surface area contributed by atoms with Gasteiger partial charge in [0.2, 0.25) is 0 Å². The second kappa shape index (κ2) is 7.18. The Morgan fingerprint density at radius 1 is 1.50 bits per heavy atom. The van der Waals surface area contributed by atoms with Gasteiger partial charge >= 0.3 is 0 Å². The molecule has 0 saturated carbocycles. The van der Waals surface area contributed by atoms with Gasteiger partial charge in [0.05, 0.1) is 6.10 Å². The Labute approximate surface area is 108 Å². The molecule has 0 saturated heterocycles. The van der Waals surface area contributed by atoms with Crippen LogP contribution in [0.3, 0.4) is 0 Å². The van der Waals surface area contributed by atoms with Gasteiger partial charge in [0.15, 0.2) is 0 Å². The lowest BCUT2D eigenvalue weighted by molar-refractivity contribution is 0.0822. The Bertz CT molecular complexity index is 374. The number of aliphatic hydroxyl groups is 1. The summed E-state index contributed by atoms with van der Waals surface area (Å²) in [7, 11) is 3.45. The molecule has 0 bridgehead atoms. The predicted molar refractivity (Wildman–Crippen MR) is 71.4 cm³/mol. The molecule has 1 heterocycles. The van der Waals surface area contributed by atoms with Crippen molar-refractivity contribution in [1.29, 1.82) is 0 Å². The van der Waals surface area contributed by atoms with E-state index in [2.05, 4.69) is 10.3 Å². The quantitative estimate of drug-likeness (QED) is 0.678. The van der Waals surface area contributed by atoms with E-state index in [-0.39, 0.29) is 12.0 Å². The van der Waals surface area contributed by atoms with Crippen LogP contribution in [0.25, 0.3) is 0 Å². The number of carbonyl (C=O) groups is 1. The van der Waals surface area contributed by atoms with E-state index < -0.39 is 0 Å². The van der Waals surface area contributed by atoms with Gasteiger partial charge in [-0.2, -0.15) is 0 Å². The van der Waals surface area contributed by atoms with Crippen LogP contribution in [0.2, 0.25) is 0 Å². The number of nitrogens with one attached hydrogen (secondary N) is 2. The van der Waals surface area contributed by atoms with Crippen molar-refractivity contribution in [1.82, 2.24) is 15.2 Å². The van der Waals surface area contributed by atoms with Crippen LogP contribution in [-0.2, 0) is 6.54 Å². The fourth-order valence-electron chi connectivity index (χ4n) is 1.72. The van der Waals surface area contributed by atoms with Crippen LogP contribution in [0.15, 0.2) is 12.1 Å². The van der Waals surface area contributed by atoms with E-state index in [9.17, 15) is 9.90 Å². The van der Waals surface area contributed by atoms with Gasteiger partial charge in [-0.05, 0) is 18.6 Å². The maximum atomic E-state index is 11.7. The fourth-order valence-corrected chi connectivity index (χ4v) is 1.72. The minimum Gasteiger partial charge on any atom is -0.392 e. The van der Waals surface area contributed by atoms with E-state index in [4.69, 9.17) is 0 Å². The first kappa shape index (κ1) is 14.7. The third-order valence-corrected chi connectivity index (χ3v) is 2.70. The van der Waals surface area contributed by atoms with Crippen LogP contribution in [0.1, 0.15) is 35.9 Å². The van der Waals surface area contributed by atoms with Crippen molar-refractivity contribution in [3.05, 3.63) is 23.5 Å². The number of nitrogens with zero attached hydrogens (tertiary/aromatic N) is 1. The molecule has 0 aliphatic heterocycles. The van der Waals surface area contributed by atoms with E-state index in [0.717, 1.165) is 18.5 Å². The Balaban J connectivity index is 2.38. The van der Waals surface area contributed by atoms with Crippen LogP contribution in [-0.4, -0.2) is 47.6 Å². The van der Waals surface area contributed by atoms with Crippen LogP contribution < -0.4 is 5.32 Å². The molecule has 0 aliphatic carbocycles. The highest BCUT2D eigenvalue weighted by atomic mass is 16.3. The van der Waals surface area contributed by atoms with Gasteiger partial charge in [0, 0.05) is 32.9 Å². The van der Waals surface area contributed by atoms with Gasteiger partial charge in [-0.25, -0.2) is 0 Å². The number of amides is 1. The molecule has 1 unspecified atom stereocenters. The van der Waals surface area contributed by atoms with E-state index in [1.165, 1.54) is 4.90 Å². The molecule has 0 radical (unpaired) electrons. The number of hydrogen-bond donors (Lipinski definition) is 3. The average molecular weight is 253 g/mol. The van der Waals surface area contributed by atoms with Crippen LogP contribution in [0.5, 0.6) is 0 Å². The van der Waals surface area contributed by atoms with E-state index >= 15 is 0 Å². The minimum absolute atomic E-state index is 0.0349. The molecular formula is C13H23N3O2. The zero-order valence-corrected chi connectivity index (χ0v) is 11.4. The number of carbonyl (C=O) groups excluding carboxylic acids is 1. The lowest BCUT2D eigenvalue weighted by Gasteiger charge is -2.10. The van der Waals surface area contributed by atoms with Crippen molar-refractivity contribution in [3.63, 3.8) is 0 Å². The highest BCUT2D eigenvalue weighted by Crippen LogP contribution is 2.04. The number of aliphatic hydroxyl groups excluding tert-OH is 1. The highest BCUT2D eigenvalue weighted by molar-refractivity contribution is 5.92. The molecule has 1 atom stereocenters. The third kappa shape index (κ3) is 4.50. The van der Waals surface area contributed by atoms with Gasteiger partial charge in [0.25, 0.3) is 5.91 Å². The normalized spacial score (nSPS) is 12.4. The molecule has 1 aromatic rings. The number of H-pyrrole nitrogens is 1. The summed E-state index contributed by atoms with van der Waals surface area (Å²) in [6, 6.07) is 3.66. The molecule has 0 aliphatic rings. The lowest BCUT2D eigenvalue weighted by Crippen LogP contribution is -2.26. The average Bonchev–Trinajstić information content (AvgIpc) is 2.77. The van der Waals surface area contributed by atoms with E-state index in [1.807, 2.05) is 13.0 Å². The van der Waals surface area contributed by atoms with Crippen LogP contribution in [0.4, 0.5) is 0 Å². The molecule has 5 heteroatoms. The first-order valence-electron chi connectivity index (χ1n) is 6.33. The zero-order chi connectivity index (χ0) is 13.5. The molecule has 0 aromatic carbocycles. The van der Waals surface area contributed by atoms with Crippen molar-refractivity contribution in [2.75, 3.05) is 20.6 Å². The SMILES string of the molecule is CCCC(O)CNCc1ccc(C(=O)N(C)C)[nH]1. The molecule has 102 valence electrons. The fraction of sp³-hybridized carbons (Fsp3) is 0.615. The molecule has 18 heavy (non-hydrogen) atoms. The van der Waals surface area contributed by atoms with Crippen molar-refractivity contribution >= 4 is 5.91 Å². The maximum Gasteiger partial charge on any atom is 0.269 e. The van der Waals surface area contributed by atoms with E-state index in [1.54, 1.807) is 20.2 Å². The summed E-state index contributed by atoms with van der Waals surface area (Å²) in [5.41, 5.74) is 1.54. The monoisotopic (exact) mass is 253 g/mol. The molecule has 1 aromatic heterocycles. The summed E-state index contributed by atoms with van der Waals surface area (Å²) in [6.45, 7) is 3.25. The van der Waals surface area contributed by atoms with Gasteiger partial charge < -0.3 is 20.3 Å². The number of rotatable bonds is 7. The van der Waals surface area contributed by atoms with Crippen LogP contribution in [0, 0.1) is 0 Å². The Kier molecular flexibility index (Phi) is 5.88. The zero-order valence-electron chi connectivity index (χ0n) is 11.4. The molecule has 0 fully saturated rings. The number of aromatic nitrogens is 1. The van der Waals surface area contributed by atoms with Gasteiger partial charge in [0.1, 0.15) is 5.69 Å². The van der Waals surface area contributed by atoms with Crippen molar-refractivity contribution in [2.45, 2.75) is 32.4 Å². The molecule has 1 amide bonds.